The van der Waals surface area contributed by atoms with Crippen LogP contribution in [0.4, 0.5) is 0 Å². The maximum Gasteiger partial charge on any atom is 0.222 e. The van der Waals surface area contributed by atoms with Crippen LogP contribution in [0.2, 0.25) is 0 Å². The molecule has 3 aliphatic rings. The Hall–Kier alpha value is -1.38. The molecule has 1 unspecified atom stereocenters. The van der Waals surface area contributed by atoms with E-state index in [2.05, 4.69) is 13.0 Å². The molecule has 2 atom stereocenters. The number of amides is 1. The van der Waals surface area contributed by atoms with Crippen molar-refractivity contribution in [3.8, 4) is 0 Å². The van der Waals surface area contributed by atoms with E-state index in [4.69, 9.17) is 0 Å². The van der Waals surface area contributed by atoms with Crippen LogP contribution in [0.1, 0.15) is 39.0 Å². The Kier molecular flexibility index (Phi) is 3.29. The molecular formula is C16H21NO2. The lowest BCUT2D eigenvalue weighted by atomic mass is 9.88. The Labute approximate surface area is 114 Å². The fourth-order valence-electron chi connectivity index (χ4n) is 3.58. The first-order valence-corrected chi connectivity index (χ1v) is 7.38. The van der Waals surface area contributed by atoms with Gasteiger partial charge in [0.15, 0.2) is 5.78 Å². The minimum atomic E-state index is 0.0790. The third kappa shape index (κ3) is 2.38. The van der Waals surface area contributed by atoms with E-state index in [1.807, 2.05) is 11.0 Å². The Bertz CT molecular complexity index is 475. The van der Waals surface area contributed by atoms with Gasteiger partial charge in [-0.05, 0) is 48.8 Å². The molecule has 0 aromatic heterocycles. The molecule has 0 saturated heterocycles. The summed E-state index contributed by atoms with van der Waals surface area (Å²) >= 11 is 0. The van der Waals surface area contributed by atoms with Crippen LogP contribution in [0, 0.1) is 11.8 Å². The maximum absolute atomic E-state index is 12.3. The first kappa shape index (κ1) is 12.6. The number of carbonyl (C=O) groups excluding carboxylic acids is 2. The molecule has 102 valence electrons. The molecule has 0 N–H and O–H groups in total. The molecule has 2 bridgehead atoms. The van der Waals surface area contributed by atoms with Crippen molar-refractivity contribution in [3.63, 3.8) is 0 Å². The quantitative estimate of drug-likeness (QED) is 0.670. The van der Waals surface area contributed by atoms with Gasteiger partial charge in [-0.25, -0.2) is 0 Å². The van der Waals surface area contributed by atoms with Crippen LogP contribution < -0.4 is 0 Å². The molecule has 3 rings (SSSR count). The van der Waals surface area contributed by atoms with Crippen LogP contribution in [0.5, 0.6) is 0 Å². The number of rotatable bonds is 0. The van der Waals surface area contributed by atoms with Gasteiger partial charge in [-0.3, -0.25) is 9.59 Å². The fraction of sp³-hybridized carbons (Fsp3) is 0.625. The zero-order chi connectivity index (χ0) is 13.4. The lowest BCUT2D eigenvalue weighted by molar-refractivity contribution is -0.132. The molecule has 0 saturated carbocycles. The topological polar surface area (TPSA) is 37.4 Å². The predicted octanol–water partition coefficient (Wildman–Crippen LogP) is 2.48. The van der Waals surface area contributed by atoms with E-state index < -0.39 is 0 Å². The summed E-state index contributed by atoms with van der Waals surface area (Å²) in [5.74, 6) is 0.977. The van der Waals surface area contributed by atoms with Gasteiger partial charge in [0.25, 0.3) is 0 Å². The number of nitrogens with zero attached hydrogens (tertiary/aromatic N) is 1. The first-order chi connectivity index (χ1) is 9.15. The summed E-state index contributed by atoms with van der Waals surface area (Å²) in [6.07, 6.45) is 8.26. The lowest BCUT2D eigenvalue weighted by Gasteiger charge is -2.24. The average Bonchev–Trinajstić information content (AvgIpc) is 2.67. The van der Waals surface area contributed by atoms with Crippen molar-refractivity contribution < 1.29 is 9.59 Å². The van der Waals surface area contributed by atoms with Crippen LogP contribution in [-0.2, 0) is 9.59 Å². The van der Waals surface area contributed by atoms with Gasteiger partial charge in [0.2, 0.25) is 5.91 Å². The molecular weight excluding hydrogens is 238 g/mol. The third-order valence-electron chi connectivity index (χ3n) is 4.53. The molecule has 19 heavy (non-hydrogen) atoms. The summed E-state index contributed by atoms with van der Waals surface area (Å²) in [5.41, 5.74) is 2.47. The standard InChI is InChI=1S/C16H21NO2/c1-11-8-12-10-15(18)14-5-3-7-17(16(19)9-11)6-2-4-13(12)14/h4,10-11,14H,2-3,5-9H2,1H3/b13-4-/t11-,14?/m1/s1. The minimum absolute atomic E-state index is 0.0790. The summed E-state index contributed by atoms with van der Waals surface area (Å²) in [7, 11) is 0. The van der Waals surface area contributed by atoms with Gasteiger partial charge < -0.3 is 4.90 Å². The van der Waals surface area contributed by atoms with Crippen molar-refractivity contribution in [2.45, 2.75) is 39.0 Å². The Morgan fingerprint density at radius 1 is 1.21 bits per heavy atom. The van der Waals surface area contributed by atoms with Gasteiger partial charge in [-0.1, -0.05) is 13.0 Å². The number of ketones is 1. The van der Waals surface area contributed by atoms with E-state index in [0.29, 0.717) is 12.3 Å². The Morgan fingerprint density at radius 3 is 2.89 bits per heavy atom. The van der Waals surface area contributed by atoms with E-state index in [1.165, 1.54) is 11.1 Å². The summed E-state index contributed by atoms with van der Waals surface area (Å²) in [4.78, 5) is 26.4. The SMILES string of the molecule is C[C@H]1CC(=O)N2CC/C=C3/C(=CC(=O)C3CCC2)C1. The second-order valence-corrected chi connectivity index (χ2v) is 6.11. The van der Waals surface area contributed by atoms with Gasteiger partial charge in [0.05, 0.1) is 0 Å². The molecule has 3 heteroatoms. The third-order valence-corrected chi connectivity index (χ3v) is 4.53. The second-order valence-electron chi connectivity index (χ2n) is 6.11. The van der Waals surface area contributed by atoms with Crippen molar-refractivity contribution in [1.82, 2.24) is 4.90 Å². The zero-order valence-corrected chi connectivity index (χ0v) is 11.5. The van der Waals surface area contributed by atoms with Crippen molar-refractivity contribution in [1.29, 1.82) is 0 Å². The number of fused-ring (bicyclic) bond motifs is 3. The molecule has 0 radical (unpaired) electrons. The van der Waals surface area contributed by atoms with Crippen LogP contribution in [0.25, 0.3) is 0 Å². The van der Waals surface area contributed by atoms with E-state index in [9.17, 15) is 9.59 Å². The molecule has 0 aromatic carbocycles. The molecule has 0 spiro atoms. The lowest BCUT2D eigenvalue weighted by Crippen LogP contribution is -2.33. The molecule has 0 fully saturated rings. The van der Waals surface area contributed by atoms with Crippen molar-refractivity contribution in [2.75, 3.05) is 13.1 Å². The van der Waals surface area contributed by atoms with Crippen LogP contribution in [-0.4, -0.2) is 29.7 Å². The Morgan fingerprint density at radius 2 is 2.05 bits per heavy atom. The number of hydrogen-bond donors (Lipinski definition) is 0. The summed E-state index contributed by atoms with van der Waals surface area (Å²) in [6.45, 7) is 3.74. The zero-order valence-electron chi connectivity index (χ0n) is 11.5. The van der Waals surface area contributed by atoms with Crippen LogP contribution in [0.15, 0.2) is 23.3 Å². The van der Waals surface area contributed by atoms with Crippen molar-refractivity contribution >= 4 is 11.7 Å². The van der Waals surface area contributed by atoms with E-state index >= 15 is 0 Å². The van der Waals surface area contributed by atoms with Gasteiger partial charge in [-0.2, -0.15) is 0 Å². The van der Waals surface area contributed by atoms with Crippen LogP contribution in [0.3, 0.4) is 0 Å². The predicted molar refractivity (Wildman–Crippen MR) is 73.5 cm³/mol. The van der Waals surface area contributed by atoms with Crippen LogP contribution >= 0.6 is 0 Å². The normalized spacial score (nSPS) is 34.5. The fourth-order valence-corrected chi connectivity index (χ4v) is 3.58. The van der Waals surface area contributed by atoms with Gasteiger partial charge in [0.1, 0.15) is 0 Å². The highest BCUT2D eigenvalue weighted by molar-refractivity contribution is 5.99. The minimum Gasteiger partial charge on any atom is -0.342 e. The van der Waals surface area contributed by atoms with Crippen molar-refractivity contribution in [3.05, 3.63) is 23.3 Å². The van der Waals surface area contributed by atoms with Gasteiger partial charge >= 0.3 is 0 Å². The maximum atomic E-state index is 12.3. The average molecular weight is 259 g/mol. The monoisotopic (exact) mass is 259 g/mol. The number of hydrogen-bond acceptors (Lipinski definition) is 2. The van der Waals surface area contributed by atoms with Gasteiger partial charge in [-0.15, -0.1) is 0 Å². The number of allylic oxidation sites excluding steroid dienone is 3. The largest absolute Gasteiger partial charge is 0.342 e. The Balaban J connectivity index is 1.99. The molecule has 3 nitrogen and oxygen atoms in total. The first-order valence-electron chi connectivity index (χ1n) is 7.38. The van der Waals surface area contributed by atoms with Crippen molar-refractivity contribution in [2.24, 2.45) is 11.8 Å². The van der Waals surface area contributed by atoms with E-state index in [-0.39, 0.29) is 17.6 Å². The summed E-state index contributed by atoms with van der Waals surface area (Å²) < 4.78 is 0. The van der Waals surface area contributed by atoms with Gasteiger partial charge in [0, 0.05) is 25.4 Å². The highest BCUT2D eigenvalue weighted by atomic mass is 16.2. The highest BCUT2D eigenvalue weighted by Crippen LogP contribution is 2.37. The van der Waals surface area contributed by atoms with E-state index in [1.54, 1.807) is 0 Å². The smallest absolute Gasteiger partial charge is 0.222 e. The highest BCUT2D eigenvalue weighted by Gasteiger charge is 2.33. The molecule has 2 aliphatic heterocycles. The molecule has 2 heterocycles. The summed E-state index contributed by atoms with van der Waals surface area (Å²) in [5, 5.41) is 0. The molecule has 1 amide bonds. The summed E-state index contributed by atoms with van der Waals surface area (Å²) in [6, 6.07) is 0. The number of carbonyl (C=O) groups is 2. The second kappa shape index (κ2) is 4.95. The molecule has 1 aliphatic carbocycles. The molecule has 0 aromatic rings. The van der Waals surface area contributed by atoms with E-state index in [0.717, 1.165) is 38.8 Å².